The third-order valence-electron chi connectivity index (χ3n) is 4.73. The number of hydrogen-bond donors (Lipinski definition) is 1. The zero-order valence-electron chi connectivity index (χ0n) is 15.8. The average Bonchev–Trinajstić information content (AvgIpc) is 2.73. The van der Waals surface area contributed by atoms with E-state index in [0.29, 0.717) is 22.7 Å². The van der Waals surface area contributed by atoms with Crippen molar-refractivity contribution in [3.05, 3.63) is 89.2 Å². The Morgan fingerprint density at radius 2 is 1.79 bits per heavy atom. The minimum absolute atomic E-state index is 0.0803. The van der Waals surface area contributed by atoms with Gasteiger partial charge in [0.25, 0.3) is 11.8 Å². The summed E-state index contributed by atoms with van der Waals surface area (Å²) in [6.45, 7) is 2.16. The van der Waals surface area contributed by atoms with E-state index < -0.39 is 0 Å². The molecule has 29 heavy (non-hydrogen) atoms. The number of halogens is 1. The van der Waals surface area contributed by atoms with Gasteiger partial charge in [-0.3, -0.25) is 9.59 Å². The summed E-state index contributed by atoms with van der Waals surface area (Å²) in [7, 11) is 0. The maximum Gasteiger partial charge on any atom is 0.265 e. The maximum atomic E-state index is 13.2. The molecular weight excluding hydrogens is 371 g/mol. The van der Waals surface area contributed by atoms with Gasteiger partial charge in [-0.1, -0.05) is 29.8 Å². The highest BCUT2D eigenvalue weighted by Crippen LogP contribution is 2.34. The fourth-order valence-corrected chi connectivity index (χ4v) is 3.13. The van der Waals surface area contributed by atoms with Crippen LogP contribution in [0.4, 0.5) is 15.8 Å². The zero-order valence-corrected chi connectivity index (χ0v) is 15.8. The predicted octanol–water partition coefficient (Wildman–Crippen LogP) is 4.31. The summed E-state index contributed by atoms with van der Waals surface area (Å²) in [4.78, 5) is 26.7. The fourth-order valence-electron chi connectivity index (χ4n) is 3.13. The summed E-state index contributed by atoms with van der Waals surface area (Å²) in [5, 5.41) is 2.85. The van der Waals surface area contributed by atoms with Crippen LogP contribution in [0.5, 0.6) is 5.75 Å². The van der Waals surface area contributed by atoms with Crippen LogP contribution in [0.15, 0.2) is 66.7 Å². The number of benzene rings is 3. The summed E-state index contributed by atoms with van der Waals surface area (Å²) in [5.74, 6) is -0.314. The number of fused-ring (bicyclic) bond motifs is 1. The number of nitrogens with one attached hydrogen (secondary N) is 1. The summed E-state index contributed by atoms with van der Waals surface area (Å²) in [6, 6.07) is 18.4. The summed E-state index contributed by atoms with van der Waals surface area (Å²) in [6.07, 6.45) is 0. The smallest absolute Gasteiger partial charge is 0.265 e. The van der Waals surface area contributed by atoms with Gasteiger partial charge < -0.3 is 15.0 Å². The van der Waals surface area contributed by atoms with Crippen LogP contribution >= 0.6 is 0 Å². The number of aryl methyl sites for hydroxylation is 1. The van der Waals surface area contributed by atoms with Crippen LogP contribution in [-0.2, 0) is 11.3 Å². The Morgan fingerprint density at radius 1 is 1.07 bits per heavy atom. The maximum absolute atomic E-state index is 13.2. The molecule has 3 aromatic rings. The highest BCUT2D eigenvalue weighted by atomic mass is 19.1. The van der Waals surface area contributed by atoms with E-state index in [1.165, 1.54) is 12.1 Å². The lowest BCUT2D eigenvalue weighted by molar-refractivity contribution is -0.121. The Balaban J connectivity index is 1.60. The van der Waals surface area contributed by atoms with E-state index in [4.69, 9.17) is 4.74 Å². The number of ether oxygens (including phenoxy) is 1. The van der Waals surface area contributed by atoms with Gasteiger partial charge in [-0.15, -0.1) is 0 Å². The average molecular weight is 390 g/mol. The van der Waals surface area contributed by atoms with E-state index in [1.54, 1.807) is 35.2 Å². The molecule has 1 N–H and O–H groups in total. The van der Waals surface area contributed by atoms with Crippen LogP contribution in [-0.4, -0.2) is 18.4 Å². The van der Waals surface area contributed by atoms with Crippen molar-refractivity contribution in [2.75, 3.05) is 16.8 Å². The highest BCUT2D eigenvalue weighted by Gasteiger charge is 2.26. The number of carbonyl (C=O) groups excluding carboxylic acids is 2. The number of anilines is 2. The van der Waals surface area contributed by atoms with Crippen LogP contribution in [0.3, 0.4) is 0 Å². The fraction of sp³-hybridized carbons (Fsp3) is 0.130. The molecule has 5 nitrogen and oxygen atoms in total. The second-order valence-electron chi connectivity index (χ2n) is 6.90. The van der Waals surface area contributed by atoms with Crippen LogP contribution in [0.25, 0.3) is 0 Å². The number of nitrogens with zero attached hydrogens (tertiary/aromatic N) is 1. The SMILES string of the molecule is Cc1ccc(NC(=O)c2ccc3c(c2)N(Cc2ccc(F)cc2)C(=O)CO3)cc1. The molecule has 6 heteroatoms. The summed E-state index contributed by atoms with van der Waals surface area (Å²) >= 11 is 0. The highest BCUT2D eigenvalue weighted by molar-refractivity contribution is 6.06. The predicted molar refractivity (Wildman–Crippen MR) is 109 cm³/mol. The molecule has 1 aliphatic heterocycles. The largest absolute Gasteiger partial charge is 0.482 e. The molecule has 1 heterocycles. The quantitative estimate of drug-likeness (QED) is 0.722. The molecule has 0 radical (unpaired) electrons. The molecule has 1 aliphatic rings. The molecule has 146 valence electrons. The van der Waals surface area contributed by atoms with Gasteiger partial charge in [-0.25, -0.2) is 4.39 Å². The first-order chi connectivity index (χ1) is 14.0. The zero-order chi connectivity index (χ0) is 20.4. The molecular formula is C23H19FN2O3. The van der Waals surface area contributed by atoms with Crippen molar-refractivity contribution in [2.45, 2.75) is 13.5 Å². The number of carbonyl (C=O) groups is 2. The standard InChI is InChI=1S/C23H19FN2O3/c1-15-2-9-19(10-3-15)25-23(28)17-6-11-21-20(12-17)26(22(27)14-29-21)13-16-4-7-18(24)8-5-16/h2-12H,13-14H2,1H3,(H,25,28). The van der Waals surface area contributed by atoms with Crippen LogP contribution < -0.4 is 15.0 Å². The van der Waals surface area contributed by atoms with Gasteiger partial charge in [0.2, 0.25) is 0 Å². The Kier molecular flexibility index (Phi) is 4.99. The van der Waals surface area contributed by atoms with E-state index >= 15 is 0 Å². The van der Waals surface area contributed by atoms with Crippen LogP contribution in [0.2, 0.25) is 0 Å². The van der Waals surface area contributed by atoms with Crippen LogP contribution in [0, 0.1) is 12.7 Å². The Bertz CT molecular complexity index is 1060. The van der Waals surface area contributed by atoms with E-state index in [-0.39, 0.29) is 30.8 Å². The lowest BCUT2D eigenvalue weighted by atomic mass is 10.1. The van der Waals surface area contributed by atoms with Gasteiger partial charge >= 0.3 is 0 Å². The lowest BCUT2D eigenvalue weighted by Gasteiger charge is -2.30. The van der Waals surface area contributed by atoms with Gasteiger partial charge in [0.15, 0.2) is 6.61 Å². The molecule has 0 spiro atoms. The van der Waals surface area contributed by atoms with E-state index in [0.717, 1.165) is 11.1 Å². The molecule has 3 aromatic carbocycles. The van der Waals surface area contributed by atoms with Crippen LogP contribution in [0.1, 0.15) is 21.5 Å². The van der Waals surface area contributed by atoms with Gasteiger partial charge in [0.1, 0.15) is 11.6 Å². The normalized spacial score (nSPS) is 12.9. The number of rotatable bonds is 4. The molecule has 2 amide bonds. The van der Waals surface area contributed by atoms with Gasteiger partial charge in [-0.2, -0.15) is 0 Å². The number of amides is 2. The molecule has 0 saturated carbocycles. The topological polar surface area (TPSA) is 58.6 Å². The van der Waals surface area contributed by atoms with Crippen molar-refractivity contribution in [3.8, 4) is 5.75 Å². The van der Waals surface area contributed by atoms with Crippen molar-refractivity contribution in [1.82, 2.24) is 0 Å². The molecule has 0 atom stereocenters. The van der Waals surface area contributed by atoms with Gasteiger partial charge in [-0.05, 0) is 55.0 Å². The molecule has 0 saturated heterocycles. The summed E-state index contributed by atoms with van der Waals surface area (Å²) < 4.78 is 18.7. The Morgan fingerprint density at radius 3 is 2.52 bits per heavy atom. The number of hydrogen-bond acceptors (Lipinski definition) is 3. The first kappa shape index (κ1) is 18.7. The Hall–Kier alpha value is -3.67. The second kappa shape index (κ2) is 7.75. The summed E-state index contributed by atoms with van der Waals surface area (Å²) in [5.41, 5.74) is 3.49. The van der Waals surface area contributed by atoms with Crippen molar-refractivity contribution in [2.24, 2.45) is 0 Å². The van der Waals surface area contributed by atoms with Gasteiger partial charge in [0.05, 0.1) is 12.2 Å². The van der Waals surface area contributed by atoms with E-state index in [9.17, 15) is 14.0 Å². The van der Waals surface area contributed by atoms with E-state index in [2.05, 4.69) is 5.32 Å². The molecule has 0 bridgehead atoms. The molecule has 0 fully saturated rings. The van der Waals surface area contributed by atoms with Crippen molar-refractivity contribution < 1.29 is 18.7 Å². The third-order valence-corrected chi connectivity index (χ3v) is 4.73. The van der Waals surface area contributed by atoms with Gasteiger partial charge in [0, 0.05) is 11.3 Å². The molecule has 4 rings (SSSR count). The molecule has 0 aromatic heterocycles. The minimum atomic E-state index is -0.336. The van der Waals surface area contributed by atoms with Crippen molar-refractivity contribution >= 4 is 23.2 Å². The molecule has 0 aliphatic carbocycles. The minimum Gasteiger partial charge on any atom is -0.482 e. The first-order valence-corrected chi connectivity index (χ1v) is 9.19. The first-order valence-electron chi connectivity index (χ1n) is 9.19. The molecule has 0 unspecified atom stereocenters. The Labute approximate surface area is 167 Å². The lowest BCUT2D eigenvalue weighted by Crippen LogP contribution is -2.38. The van der Waals surface area contributed by atoms with Crippen molar-refractivity contribution in [3.63, 3.8) is 0 Å². The monoisotopic (exact) mass is 390 g/mol. The van der Waals surface area contributed by atoms with E-state index in [1.807, 2.05) is 31.2 Å². The van der Waals surface area contributed by atoms with Crippen molar-refractivity contribution in [1.29, 1.82) is 0 Å². The second-order valence-corrected chi connectivity index (χ2v) is 6.90. The third kappa shape index (κ3) is 4.11.